The summed E-state index contributed by atoms with van der Waals surface area (Å²) in [4.78, 5) is 15.1. The molecule has 0 unspecified atom stereocenters. The van der Waals surface area contributed by atoms with Crippen LogP contribution in [0.5, 0.6) is 5.75 Å². The number of nitrogens with zero attached hydrogens (tertiary/aromatic N) is 5. The van der Waals surface area contributed by atoms with Crippen molar-refractivity contribution in [3.8, 4) is 22.8 Å². The fourth-order valence-electron chi connectivity index (χ4n) is 3.53. The van der Waals surface area contributed by atoms with Crippen LogP contribution in [0.1, 0.15) is 11.1 Å². The topological polar surface area (TPSA) is 105 Å². The summed E-state index contributed by atoms with van der Waals surface area (Å²) in [6.45, 7) is 0.296. The standard InChI is InChI=1S/C22H16FN5O4S/c23-18-5-1-2-6-19(18)27-21(14-4-3-7-24-10-14)25-26-22(27)33-12-16-9-17(28(29)30)8-15-11-31-13-32-20(15)16/h1-10H,11-13H2. The molecule has 166 valence electrons. The maximum atomic E-state index is 14.7. The zero-order valence-corrected chi connectivity index (χ0v) is 17.9. The van der Waals surface area contributed by atoms with E-state index in [0.717, 1.165) is 0 Å². The zero-order valence-electron chi connectivity index (χ0n) is 17.1. The van der Waals surface area contributed by atoms with Crippen LogP contribution < -0.4 is 4.74 Å². The Bertz CT molecular complexity index is 1330. The molecule has 0 N–H and O–H groups in total. The van der Waals surface area contributed by atoms with Gasteiger partial charge in [-0.15, -0.1) is 10.2 Å². The van der Waals surface area contributed by atoms with E-state index in [4.69, 9.17) is 9.47 Å². The van der Waals surface area contributed by atoms with E-state index in [-0.39, 0.29) is 24.8 Å². The van der Waals surface area contributed by atoms with Crippen molar-refractivity contribution in [3.63, 3.8) is 0 Å². The highest BCUT2D eigenvalue weighted by Crippen LogP contribution is 2.37. The summed E-state index contributed by atoms with van der Waals surface area (Å²) in [7, 11) is 0. The average molecular weight is 465 g/mol. The maximum Gasteiger partial charge on any atom is 0.270 e. The number of fused-ring (bicyclic) bond motifs is 1. The van der Waals surface area contributed by atoms with Gasteiger partial charge in [-0.2, -0.15) is 0 Å². The van der Waals surface area contributed by atoms with Gasteiger partial charge in [0.15, 0.2) is 17.8 Å². The summed E-state index contributed by atoms with van der Waals surface area (Å²) in [6, 6.07) is 12.8. The first kappa shape index (κ1) is 21.0. The Hall–Kier alpha value is -3.83. The fraction of sp³-hybridized carbons (Fsp3) is 0.136. The molecular weight excluding hydrogens is 449 g/mol. The molecule has 11 heteroatoms. The van der Waals surface area contributed by atoms with Gasteiger partial charge >= 0.3 is 0 Å². The van der Waals surface area contributed by atoms with Crippen molar-refractivity contribution in [2.45, 2.75) is 17.5 Å². The number of halogens is 1. The second kappa shape index (κ2) is 8.96. The van der Waals surface area contributed by atoms with E-state index in [0.29, 0.717) is 39.2 Å². The van der Waals surface area contributed by atoms with Gasteiger partial charge in [0.1, 0.15) is 11.6 Å². The minimum Gasteiger partial charge on any atom is -0.467 e. The number of hydrogen-bond acceptors (Lipinski definition) is 8. The van der Waals surface area contributed by atoms with Gasteiger partial charge in [0.25, 0.3) is 5.69 Å². The first-order valence-corrected chi connectivity index (χ1v) is 10.8. The Morgan fingerprint density at radius 2 is 2.06 bits per heavy atom. The van der Waals surface area contributed by atoms with Gasteiger partial charge in [-0.05, 0) is 24.3 Å². The largest absolute Gasteiger partial charge is 0.467 e. The van der Waals surface area contributed by atoms with Crippen LogP contribution in [-0.4, -0.2) is 31.5 Å². The van der Waals surface area contributed by atoms with Crippen LogP contribution in [0.25, 0.3) is 17.1 Å². The molecule has 4 aromatic rings. The Balaban J connectivity index is 1.55. The SMILES string of the molecule is O=[N+]([O-])c1cc2c(c(CSc3nnc(-c4cccnc4)n3-c3ccccc3F)c1)OCOC2. The monoisotopic (exact) mass is 465 g/mol. The van der Waals surface area contributed by atoms with Gasteiger partial charge < -0.3 is 9.47 Å². The highest BCUT2D eigenvalue weighted by atomic mass is 32.2. The predicted molar refractivity (Wildman–Crippen MR) is 117 cm³/mol. The van der Waals surface area contributed by atoms with Crippen LogP contribution in [0.15, 0.2) is 66.1 Å². The van der Waals surface area contributed by atoms with E-state index in [1.54, 1.807) is 41.2 Å². The zero-order chi connectivity index (χ0) is 22.8. The van der Waals surface area contributed by atoms with E-state index in [2.05, 4.69) is 15.2 Å². The molecule has 1 aliphatic heterocycles. The highest BCUT2D eigenvalue weighted by molar-refractivity contribution is 7.98. The third-order valence-electron chi connectivity index (χ3n) is 4.99. The van der Waals surface area contributed by atoms with Crippen molar-refractivity contribution in [1.82, 2.24) is 19.7 Å². The summed E-state index contributed by atoms with van der Waals surface area (Å²) in [5, 5.41) is 20.4. The molecule has 33 heavy (non-hydrogen) atoms. The smallest absolute Gasteiger partial charge is 0.270 e. The van der Waals surface area contributed by atoms with Crippen LogP contribution >= 0.6 is 11.8 Å². The van der Waals surface area contributed by atoms with Gasteiger partial charge in [-0.1, -0.05) is 23.9 Å². The molecule has 2 aromatic heterocycles. The van der Waals surface area contributed by atoms with Gasteiger partial charge in [0, 0.05) is 47.0 Å². The van der Waals surface area contributed by atoms with Crippen molar-refractivity contribution < 1.29 is 18.8 Å². The van der Waals surface area contributed by atoms with Crippen molar-refractivity contribution in [3.05, 3.63) is 88.0 Å². The first-order chi connectivity index (χ1) is 16.1. The molecule has 0 radical (unpaired) electrons. The Labute approximate surface area is 191 Å². The van der Waals surface area contributed by atoms with Gasteiger partial charge in [-0.25, -0.2) is 4.39 Å². The van der Waals surface area contributed by atoms with Crippen LogP contribution in [-0.2, 0) is 17.1 Å². The molecule has 3 heterocycles. The number of non-ortho nitro benzene ring substituents is 1. The van der Waals surface area contributed by atoms with Crippen molar-refractivity contribution >= 4 is 17.4 Å². The van der Waals surface area contributed by atoms with E-state index in [1.165, 1.54) is 30.0 Å². The number of aromatic nitrogens is 4. The summed E-state index contributed by atoms with van der Waals surface area (Å²) >= 11 is 1.27. The van der Waals surface area contributed by atoms with E-state index in [9.17, 15) is 14.5 Å². The fourth-order valence-corrected chi connectivity index (χ4v) is 4.44. The van der Waals surface area contributed by atoms with Crippen molar-refractivity contribution in [2.24, 2.45) is 0 Å². The lowest BCUT2D eigenvalue weighted by molar-refractivity contribution is -0.385. The molecule has 2 aromatic carbocycles. The molecule has 5 rings (SSSR count). The molecule has 0 atom stereocenters. The Morgan fingerprint density at radius 1 is 1.18 bits per heavy atom. The lowest BCUT2D eigenvalue weighted by Gasteiger charge is -2.20. The molecule has 9 nitrogen and oxygen atoms in total. The molecule has 0 bridgehead atoms. The minimum atomic E-state index is -0.453. The number of nitro benzene ring substituents is 1. The number of para-hydroxylation sites is 1. The summed E-state index contributed by atoms with van der Waals surface area (Å²) in [5.74, 6) is 0.853. The second-order valence-corrected chi connectivity index (χ2v) is 8.03. The Kier molecular flexibility index (Phi) is 5.71. The van der Waals surface area contributed by atoms with E-state index < -0.39 is 10.7 Å². The summed E-state index contributed by atoms with van der Waals surface area (Å²) in [6.07, 6.45) is 3.26. The van der Waals surface area contributed by atoms with Crippen LogP contribution in [0.3, 0.4) is 0 Å². The lowest BCUT2D eigenvalue weighted by atomic mass is 10.1. The first-order valence-electron chi connectivity index (χ1n) is 9.86. The normalized spacial score (nSPS) is 12.8. The van der Waals surface area contributed by atoms with E-state index in [1.807, 2.05) is 6.07 Å². The number of thioether (sulfide) groups is 1. The summed E-state index contributed by atoms with van der Waals surface area (Å²) < 4.78 is 27.2. The minimum absolute atomic E-state index is 0.0509. The van der Waals surface area contributed by atoms with Crippen LogP contribution in [0.2, 0.25) is 0 Å². The maximum absolute atomic E-state index is 14.7. The number of nitro groups is 1. The lowest BCUT2D eigenvalue weighted by Crippen LogP contribution is -2.13. The van der Waals surface area contributed by atoms with Crippen LogP contribution in [0, 0.1) is 15.9 Å². The highest BCUT2D eigenvalue weighted by Gasteiger charge is 2.23. The van der Waals surface area contributed by atoms with Gasteiger partial charge in [0.05, 0.1) is 17.2 Å². The van der Waals surface area contributed by atoms with Crippen LogP contribution in [0.4, 0.5) is 10.1 Å². The van der Waals surface area contributed by atoms with Gasteiger partial charge in [0.2, 0.25) is 0 Å². The number of ether oxygens (including phenoxy) is 2. The molecule has 0 aliphatic carbocycles. The molecule has 1 aliphatic rings. The predicted octanol–water partition coefficient (Wildman–Crippen LogP) is 4.54. The number of pyridine rings is 1. The molecule has 0 saturated carbocycles. The molecule has 0 amide bonds. The van der Waals surface area contributed by atoms with Crippen molar-refractivity contribution in [2.75, 3.05) is 6.79 Å². The average Bonchev–Trinajstić information content (AvgIpc) is 3.27. The molecule has 0 saturated heterocycles. The molecule has 0 spiro atoms. The number of rotatable bonds is 6. The van der Waals surface area contributed by atoms with Crippen molar-refractivity contribution in [1.29, 1.82) is 0 Å². The van der Waals surface area contributed by atoms with E-state index >= 15 is 0 Å². The molecule has 0 fully saturated rings. The quantitative estimate of drug-likeness (QED) is 0.232. The van der Waals surface area contributed by atoms with Gasteiger partial charge in [-0.3, -0.25) is 19.7 Å². The molecular formula is C22H16FN5O4S. The third kappa shape index (κ3) is 4.15. The third-order valence-corrected chi connectivity index (χ3v) is 5.96. The Morgan fingerprint density at radius 3 is 2.85 bits per heavy atom. The number of hydrogen-bond donors (Lipinski definition) is 0. The number of benzene rings is 2. The summed E-state index contributed by atoms with van der Waals surface area (Å²) in [5.41, 5.74) is 2.14. The second-order valence-electron chi connectivity index (χ2n) is 7.08.